The lowest BCUT2D eigenvalue weighted by molar-refractivity contribution is 0.320. The van der Waals surface area contributed by atoms with E-state index in [1.807, 2.05) is 12.1 Å². The highest BCUT2D eigenvalue weighted by Gasteiger charge is 2.21. The minimum atomic E-state index is 0.271. The summed E-state index contributed by atoms with van der Waals surface area (Å²) in [5.74, 6) is 1.92. The monoisotopic (exact) mass is 259 g/mol. The molecule has 19 heavy (non-hydrogen) atoms. The predicted octanol–water partition coefficient (Wildman–Crippen LogP) is 1.83. The molecule has 5 nitrogen and oxygen atoms in total. The van der Waals surface area contributed by atoms with E-state index in [0.717, 1.165) is 31.5 Å². The molecule has 1 atom stereocenters. The fourth-order valence-electron chi connectivity index (χ4n) is 2.40. The summed E-state index contributed by atoms with van der Waals surface area (Å²) in [4.78, 5) is 4.44. The Morgan fingerprint density at radius 2 is 2.26 bits per heavy atom. The minimum Gasteiger partial charge on any atom is -0.508 e. The first-order valence-electron chi connectivity index (χ1n) is 6.63. The zero-order valence-corrected chi connectivity index (χ0v) is 10.7. The molecule has 0 spiro atoms. The average Bonchev–Trinajstić information content (AvgIpc) is 2.91. The smallest absolute Gasteiger partial charge is 0.231 e. The van der Waals surface area contributed by atoms with Gasteiger partial charge in [0.1, 0.15) is 5.75 Å². The van der Waals surface area contributed by atoms with Crippen LogP contribution < -0.4 is 5.32 Å². The number of hydrogen-bond acceptors (Lipinski definition) is 5. The molecule has 1 saturated heterocycles. The van der Waals surface area contributed by atoms with Crippen molar-refractivity contribution in [3.05, 3.63) is 41.5 Å². The highest BCUT2D eigenvalue weighted by Crippen LogP contribution is 2.23. The zero-order chi connectivity index (χ0) is 13.1. The van der Waals surface area contributed by atoms with Crippen molar-refractivity contribution >= 4 is 0 Å². The van der Waals surface area contributed by atoms with E-state index in [1.54, 1.807) is 12.1 Å². The number of para-hydroxylation sites is 1. The highest BCUT2D eigenvalue weighted by molar-refractivity contribution is 5.33. The van der Waals surface area contributed by atoms with E-state index in [0.29, 0.717) is 24.1 Å². The van der Waals surface area contributed by atoms with Crippen molar-refractivity contribution in [3.8, 4) is 5.75 Å². The van der Waals surface area contributed by atoms with Gasteiger partial charge in [-0.25, -0.2) is 0 Å². The van der Waals surface area contributed by atoms with Crippen LogP contribution in [0.2, 0.25) is 0 Å². The second-order valence-electron chi connectivity index (χ2n) is 4.90. The Balaban J connectivity index is 1.73. The van der Waals surface area contributed by atoms with Crippen molar-refractivity contribution in [1.29, 1.82) is 0 Å². The maximum Gasteiger partial charge on any atom is 0.231 e. The Hall–Kier alpha value is -1.88. The number of nitrogens with zero attached hydrogens (tertiary/aromatic N) is 2. The molecule has 0 saturated carbocycles. The number of aromatic hydroxyl groups is 1. The van der Waals surface area contributed by atoms with Crippen molar-refractivity contribution in [2.75, 3.05) is 13.1 Å². The Kier molecular flexibility index (Phi) is 3.46. The van der Waals surface area contributed by atoms with Gasteiger partial charge < -0.3 is 14.9 Å². The van der Waals surface area contributed by atoms with Gasteiger partial charge in [0, 0.05) is 18.5 Å². The van der Waals surface area contributed by atoms with Gasteiger partial charge in [0.15, 0.2) is 5.82 Å². The quantitative estimate of drug-likeness (QED) is 0.880. The van der Waals surface area contributed by atoms with Crippen LogP contribution in [0.4, 0.5) is 0 Å². The average molecular weight is 259 g/mol. The first-order valence-corrected chi connectivity index (χ1v) is 6.63. The largest absolute Gasteiger partial charge is 0.508 e. The lowest BCUT2D eigenvalue weighted by Gasteiger charge is -2.18. The summed E-state index contributed by atoms with van der Waals surface area (Å²) in [5, 5.41) is 17.1. The number of benzene rings is 1. The van der Waals surface area contributed by atoms with Gasteiger partial charge in [0.05, 0.1) is 5.92 Å². The number of phenolic OH excluding ortho intramolecular Hbond substituents is 1. The second kappa shape index (κ2) is 5.40. The number of hydrogen-bond donors (Lipinski definition) is 2. The molecule has 2 N–H and O–H groups in total. The molecule has 2 aromatic rings. The SMILES string of the molecule is Oc1ccccc1Cc1noc(C2CCCNC2)n1. The van der Waals surface area contributed by atoms with E-state index in [2.05, 4.69) is 15.5 Å². The lowest BCUT2D eigenvalue weighted by atomic mass is 10.00. The standard InChI is InChI=1S/C14H17N3O2/c18-12-6-2-1-4-10(12)8-13-16-14(19-17-13)11-5-3-7-15-9-11/h1-2,4,6,11,15,18H,3,5,7-9H2. The van der Waals surface area contributed by atoms with Gasteiger partial charge in [-0.3, -0.25) is 0 Å². The van der Waals surface area contributed by atoms with Crippen molar-refractivity contribution in [2.45, 2.75) is 25.2 Å². The maximum absolute atomic E-state index is 9.73. The summed E-state index contributed by atoms with van der Waals surface area (Å²) >= 11 is 0. The third-order valence-electron chi connectivity index (χ3n) is 3.47. The molecular formula is C14H17N3O2. The van der Waals surface area contributed by atoms with Crippen LogP contribution >= 0.6 is 0 Å². The fraction of sp³-hybridized carbons (Fsp3) is 0.429. The third kappa shape index (κ3) is 2.76. The first-order chi connectivity index (χ1) is 9.33. The molecule has 1 fully saturated rings. The van der Waals surface area contributed by atoms with Crippen LogP contribution in [0.15, 0.2) is 28.8 Å². The summed E-state index contributed by atoms with van der Waals surface area (Å²) in [6, 6.07) is 7.23. The first kappa shape index (κ1) is 12.2. The third-order valence-corrected chi connectivity index (χ3v) is 3.47. The lowest BCUT2D eigenvalue weighted by Crippen LogP contribution is -2.28. The molecule has 1 aliphatic rings. The fourth-order valence-corrected chi connectivity index (χ4v) is 2.40. The zero-order valence-electron chi connectivity index (χ0n) is 10.7. The van der Waals surface area contributed by atoms with Crippen LogP contribution in [0.3, 0.4) is 0 Å². The van der Waals surface area contributed by atoms with E-state index in [-0.39, 0.29) is 5.75 Å². The van der Waals surface area contributed by atoms with Gasteiger partial charge in [0.25, 0.3) is 0 Å². The maximum atomic E-state index is 9.73. The van der Waals surface area contributed by atoms with Crippen molar-refractivity contribution in [1.82, 2.24) is 15.5 Å². The Labute approximate surface area is 111 Å². The van der Waals surface area contributed by atoms with Crippen LogP contribution in [0.1, 0.15) is 36.0 Å². The number of nitrogens with one attached hydrogen (secondary N) is 1. The number of piperidine rings is 1. The van der Waals surface area contributed by atoms with Gasteiger partial charge in [0.2, 0.25) is 5.89 Å². The minimum absolute atomic E-state index is 0.271. The Morgan fingerprint density at radius 3 is 3.05 bits per heavy atom. The van der Waals surface area contributed by atoms with Crippen LogP contribution in [-0.4, -0.2) is 28.3 Å². The van der Waals surface area contributed by atoms with Gasteiger partial charge in [-0.2, -0.15) is 4.98 Å². The van der Waals surface area contributed by atoms with Crippen molar-refractivity contribution in [2.24, 2.45) is 0 Å². The summed E-state index contributed by atoms with van der Waals surface area (Å²) in [6.07, 6.45) is 2.73. The van der Waals surface area contributed by atoms with Crippen LogP contribution in [-0.2, 0) is 6.42 Å². The molecule has 0 amide bonds. The Bertz CT molecular complexity index is 547. The summed E-state index contributed by atoms with van der Waals surface area (Å²) in [6.45, 7) is 1.97. The molecule has 1 aliphatic heterocycles. The summed E-state index contributed by atoms with van der Waals surface area (Å²) in [5.41, 5.74) is 0.816. The topological polar surface area (TPSA) is 71.2 Å². The Morgan fingerprint density at radius 1 is 1.37 bits per heavy atom. The van der Waals surface area contributed by atoms with Gasteiger partial charge in [-0.05, 0) is 25.5 Å². The van der Waals surface area contributed by atoms with Crippen molar-refractivity contribution < 1.29 is 9.63 Å². The molecule has 1 unspecified atom stereocenters. The van der Waals surface area contributed by atoms with E-state index in [4.69, 9.17) is 4.52 Å². The molecule has 0 bridgehead atoms. The van der Waals surface area contributed by atoms with E-state index < -0.39 is 0 Å². The van der Waals surface area contributed by atoms with Crippen LogP contribution in [0.5, 0.6) is 5.75 Å². The normalized spacial score (nSPS) is 19.5. The number of rotatable bonds is 3. The van der Waals surface area contributed by atoms with Gasteiger partial charge >= 0.3 is 0 Å². The molecule has 1 aromatic carbocycles. The van der Waals surface area contributed by atoms with Crippen LogP contribution in [0.25, 0.3) is 0 Å². The molecule has 0 aliphatic carbocycles. The number of aromatic nitrogens is 2. The van der Waals surface area contributed by atoms with Gasteiger partial charge in [-0.1, -0.05) is 23.4 Å². The summed E-state index contributed by atoms with van der Waals surface area (Å²) < 4.78 is 5.33. The van der Waals surface area contributed by atoms with Crippen molar-refractivity contribution in [3.63, 3.8) is 0 Å². The second-order valence-corrected chi connectivity index (χ2v) is 4.90. The molecule has 100 valence electrons. The highest BCUT2D eigenvalue weighted by atomic mass is 16.5. The van der Waals surface area contributed by atoms with Gasteiger partial charge in [-0.15, -0.1) is 0 Å². The molecule has 1 aromatic heterocycles. The van der Waals surface area contributed by atoms with E-state index in [1.165, 1.54) is 0 Å². The predicted molar refractivity (Wildman–Crippen MR) is 70.1 cm³/mol. The van der Waals surface area contributed by atoms with Crippen LogP contribution in [0, 0.1) is 0 Å². The van der Waals surface area contributed by atoms with E-state index >= 15 is 0 Å². The molecular weight excluding hydrogens is 242 g/mol. The molecule has 2 heterocycles. The molecule has 0 radical (unpaired) electrons. The molecule has 5 heteroatoms. The van der Waals surface area contributed by atoms with E-state index in [9.17, 15) is 5.11 Å². The number of phenols is 1. The summed E-state index contributed by atoms with van der Waals surface area (Å²) in [7, 11) is 0. The molecule has 3 rings (SSSR count).